The number of aryl methyl sites for hydroxylation is 1. The van der Waals surface area contributed by atoms with Crippen LogP contribution in [-0.2, 0) is 16.4 Å². The Morgan fingerprint density at radius 3 is 2.43 bits per heavy atom. The number of rotatable bonds is 8. The molecule has 150 valence electrons. The molecule has 1 aromatic carbocycles. The molecule has 1 fully saturated rings. The molecule has 1 aliphatic rings. The first kappa shape index (κ1) is 20.5. The summed E-state index contributed by atoms with van der Waals surface area (Å²) in [5.74, 6) is 1.49. The van der Waals surface area contributed by atoms with Crippen LogP contribution in [0.2, 0.25) is 0 Å². The standard InChI is InChI=1S/C21H29BN2O4/c1-7-16-11-8-9-12-18(16)25-13-10-14-26-19-17(15-23-24(19)6)22-27-20(2,3)21(4,5)28-22/h7-9,11-12,15H,1,10,13-14H2,2-6H3. The average molecular weight is 384 g/mol. The van der Waals surface area contributed by atoms with Crippen molar-refractivity contribution in [1.82, 2.24) is 9.78 Å². The van der Waals surface area contributed by atoms with E-state index in [4.69, 9.17) is 18.8 Å². The lowest BCUT2D eigenvalue weighted by Gasteiger charge is -2.32. The van der Waals surface area contributed by atoms with E-state index >= 15 is 0 Å². The number of hydrogen-bond donors (Lipinski definition) is 0. The van der Waals surface area contributed by atoms with Crippen LogP contribution in [0.4, 0.5) is 0 Å². The fourth-order valence-electron chi connectivity index (χ4n) is 2.94. The molecule has 0 N–H and O–H groups in total. The second-order valence-corrected chi connectivity index (χ2v) is 7.91. The molecule has 2 aromatic rings. The minimum absolute atomic E-state index is 0.406. The maximum absolute atomic E-state index is 6.13. The van der Waals surface area contributed by atoms with Crippen LogP contribution in [0.25, 0.3) is 6.08 Å². The van der Waals surface area contributed by atoms with Crippen LogP contribution in [0.1, 0.15) is 39.7 Å². The van der Waals surface area contributed by atoms with Crippen LogP contribution < -0.4 is 14.9 Å². The zero-order valence-corrected chi connectivity index (χ0v) is 17.4. The third-order valence-corrected chi connectivity index (χ3v) is 5.34. The zero-order chi connectivity index (χ0) is 20.4. The van der Waals surface area contributed by atoms with Crippen LogP contribution in [0.15, 0.2) is 37.0 Å². The lowest BCUT2D eigenvalue weighted by atomic mass is 9.81. The molecule has 0 saturated carbocycles. The highest BCUT2D eigenvalue weighted by Gasteiger charge is 2.53. The quantitative estimate of drug-likeness (QED) is 0.517. The average Bonchev–Trinajstić information content (AvgIpc) is 3.11. The van der Waals surface area contributed by atoms with E-state index in [0.717, 1.165) is 23.2 Å². The number of ether oxygens (including phenoxy) is 2. The van der Waals surface area contributed by atoms with Gasteiger partial charge in [-0.25, -0.2) is 4.68 Å². The van der Waals surface area contributed by atoms with E-state index in [1.165, 1.54) is 0 Å². The molecule has 0 spiro atoms. The van der Waals surface area contributed by atoms with Gasteiger partial charge in [-0.15, -0.1) is 0 Å². The zero-order valence-electron chi connectivity index (χ0n) is 17.4. The van der Waals surface area contributed by atoms with Crippen molar-refractivity contribution in [2.45, 2.75) is 45.3 Å². The molecule has 1 saturated heterocycles. The van der Waals surface area contributed by atoms with E-state index < -0.39 is 18.3 Å². The molecule has 0 bridgehead atoms. The van der Waals surface area contributed by atoms with Crippen molar-refractivity contribution in [2.75, 3.05) is 13.2 Å². The number of benzene rings is 1. The summed E-state index contributed by atoms with van der Waals surface area (Å²) in [6.07, 6.45) is 4.27. The number of para-hydroxylation sites is 1. The van der Waals surface area contributed by atoms with Crippen molar-refractivity contribution in [3.8, 4) is 11.6 Å². The van der Waals surface area contributed by atoms with Crippen molar-refractivity contribution in [3.63, 3.8) is 0 Å². The van der Waals surface area contributed by atoms with E-state index in [1.54, 1.807) is 17.0 Å². The van der Waals surface area contributed by atoms with Gasteiger partial charge in [0.2, 0.25) is 5.88 Å². The second kappa shape index (κ2) is 8.01. The molecule has 0 unspecified atom stereocenters. The molecule has 0 amide bonds. The van der Waals surface area contributed by atoms with Gasteiger partial charge in [-0.3, -0.25) is 0 Å². The van der Waals surface area contributed by atoms with E-state index in [0.29, 0.717) is 19.1 Å². The lowest BCUT2D eigenvalue weighted by molar-refractivity contribution is 0.00578. The molecule has 1 aromatic heterocycles. The van der Waals surface area contributed by atoms with Gasteiger partial charge < -0.3 is 18.8 Å². The smallest absolute Gasteiger partial charge is 0.493 e. The van der Waals surface area contributed by atoms with Crippen LogP contribution in [0, 0.1) is 0 Å². The Morgan fingerprint density at radius 1 is 1.11 bits per heavy atom. The summed E-state index contributed by atoms with van der Waals surface area (Å²) in [5, 5.41) is 4.32. The second-order valence-electron chi connectivity index (χ2n) is 7.91. The van der Waals surface area contributed by atoms with E-state index in [2.05, 4.69) is 11.7 Å². The molecule has 1 aliphatic heterocycles. The normalized spacial score (nSPS) is 17.5. The van der Waals surface area contributed by atoms with Gasteiger partial charge in [0, 0.05) is 19.0 Å². The molecule has 7 heteroatoms. The molecule has 28 heavy (non-hydrogen) atoms. The number of aromatic nitrogens is 2. The monoisotopic (exact) mass is 384 g/mol. The van der Waals surface area contributed by atoms with Gasteiger partial charge in [0.05, 0.1) is 36.1 Å². The summed E-state index contributed by atoms with van der Waals surface area (Å²) in [4.78, 5) is 0. The van der Waals surface area contributed by atoms with Gasteiger partial charge in [-0.05, 0) is 33.8 Å². The fraction of sp³-hybridized carbons (Fsp3) is 0.476. The maximum atomic E-state index is 6.13. The van der Waals surface area contributed by atoms with Crippen molar-refractivity contribution >= 4 is 18.7 Å². The van der Waals surface area contributed by atoms with Crippen LogP contribution >= 0.6 is 0 Å². The highest BCUT2D eigenvalue weighted by atomic mass is 16.7. The highest BCUT2D eigenvalue weighted by Crippen LogP contribution is 2.37. The Labute approximate surface area is 167 Å². The Bertz CT molecular complexity index is 816. The number of nitrogens with zero attached hydrogens (tertiary/aromatic N) is 2. The van der Waals surface area contributed by atoms with Gasteiger partial charge in [0.1, 0.15) is 5.75 Å². The minimum Gasteiger partial charge on any atom is -0.493 e. The molecule has 3 rings (SSSR count). The fourth-order valence-corrected chi connectivity index (χ4v) is 2.94. The van der Waals surface area contributed by atoms with Crippen LogP contribution in [-0.4, -0.2) is 41.3 Å². The van der Waals surface area contributed by atoms with Crippen molar-refractivity contribution < 1.29 is 18.8 Å². The summed E-state index contributed by atoms with van der Waals surface area (Å²) in [6, 6.07) is 7.83. The molecule has 0 radical (unpaired) electrons. The summed E-state index contributed by atoms with van der Waals surface area (Å²) in [6.45, 7) is 13.0. The molecule has 0 atom stereocenters. The molecular weight excluding hydrogens is 355 g/mol. The van der Waals surface area contributed by atoms with Gasteiger partial charge in [-0.2, -0.15) is 5.10 Å². The van der Waals surface area contributed by atoms with Crippen molar-refractivity contribution in [3.05, 3.63) is 42.6 Å². The topological polar surface area (TPSA) is 54.7 Å². The summed E-state index contributed by atoms with van der Waals surface area (Å²) >= 11 is 0. The predicted octanol–water partition coefficient (Wildman–Crippen LogP) is 3.21. The van der Waals surface area contributed by atoms with Crippen molar-refractivity contribution in [2.24, 2.45) is 7.05 Å². The Kier molecular flexibility index (Phi) is 5.86. The van der Waals surface area contributed by atoms with Gasteiger partial charge in [0.25, 0.3) is 0 Å². The highest BCUT2D eigenvalue weighted by molar-refractivity contribution is 6.63. The molecular formula is C21H29BN2O4. The minimum atomic E-state index is -0.496. The predicted molar refractivity (Wildman–Crippen MR) is 111 cm³/mol. The Hall–Kier alpha value is -2.25. The van der Waals surface area contributed by atoms with Crippen LogP contribution in [0.5, 0.6) is 11.6 Å². The SMILES string of the molecule is C=Cc1ccccc1OCCCOc1c(B2OC(C)(C)C(C)(C)O2)cnn1C. The summed E-state index contributed by atoms with van der Waals surface area (Å²) in [7, 11) is 1.35. The Balaban J connectivity index is 1.56. The third kappa shape index (κ3) is 4.10. The van der Waals surface area contributed by atoms with Crippen LogP contribution in [0.3, 0.4) is 0 Å². The van der Waals surface area contributed by atoms with Crippen molar-refractivity contribution in [1.29, 1.82) is 0 Å². The largest absolute Gasteiger partial charge is 0.502 e. The van der Waals surface area contributed by atoms with E-state index in [9.17, 15) is 0 Å². The molecule has 6 nitrogen and oxygen atoms in total. The maximum Gasteiger partial charge on any atom is 0.502 e. The van der Waals surface area contributed by atoms with Gasteiger partial charge in [0.15, 0.2) is 0 Å². The third-order valence-electron chi connectivity index (χ3n) is 5.34. The Morgan fingerprint density at radius 2 is 1.75 bits per heavy atom. The summed E-state index contributed by atoms with van der Waals surface area (Å²) < 4.78 is 25.8. The molecule has 2 heterocycles. The van der Waals surface area contributed by atoms with Gasteiger partial charge in [-0.1, -0.05) is 30.9 Å². The first-order valence-electron chi connectivity index (χ1n) is 9.60. The first-order valence-corrected chi connectivity index (χ1v) is 9.60. The van der Waals surface area contributed by atoms with E-state index in [1.807, 2.05) is 59.0 Å². The van der Waals surface area contributed by atoms with E-state index in [-0.39, 0.29) is 0 Å². The number of hydrogen-bond acceptors (Lipinski definition) is 5. The lowest BCUT2D eigenvalue weighted by Crippen LogP contribution is -2.41. The summed E-state index contributed by atoms with van der Waals surface area (Å²) in [5.41, 5.74) is 0.978. The molecule has 0 aliphatic carbocycles. The van der Waals surface area contributed by atoms with Gasteiger partial charge >= 0.3 is 7.12 Å². The first-order chi connectivity index (χ1) is 13.2.